The highest BCUT2D eigenvalue weighted by Crippen LogP contribution is 2.19. The van der Waals surface area contributed by atoms with E-state index in [0.29, 0.717) is 12.2 Å². The highest BCUT2D eigenvalue weighted by molar-refractivity contribution is 7.89. The van der Waals surface area contributed by atoms with Crippen LogP contribution in [-0.4, -0.2) is 57.4 Å². The van der Waals surface area contributed by atoms with Crippen molar-refractivity contribution in [2.45, 2.75) is 24.2 Å². The van der Waals surface area contributed by atoms with Crippen molar-refractivity contribution in [1.82, 2.24) is 14.5 Å². The van der Waals surface area contributed by atoms with Crippen LogP contribution < -0.4 is 4.72 Å². The average molecular weight is 402 g/mol. The number of likely N-dealkylation sites (N-methyl/N-ethyl adjacent to an activating group) is 1. The Hall–Kier alpha value is -2.38. The summed E-state index contributed by atoms with van der Waals surface area (Å²) in [6.45, 7) is 7.12. The van der Waals surface area contributed by atoms with Crippen molar-refractivity contribution in [2.24, 2.45) is 0 Å². The Bertz CT molecular complexity index is 972. The molecule has 0 bridgehead atoms. The summed E-state index contributed by atoms with van der Waals surface area (Å²) in [6.07, 6.45) is 1.50. The molecule has 1 N–H and O–H groups in total. The zero-order valence-electron chi connectivity index (χ0n) is 16.2. The molecule has 2 aromatic carbocycles. The summed E-state index contributed by atoms with van der Waals surface area (Å²) in [5.74, 6) is 0.0429. The summed E-state index contributed by atoms with van der Waals surface area (Å²) in [5.41, 5.74) is 0.327. The van der Waals surface area contributed by atoms with Crippen LogP contribution in [-0.2, 0) is 14.8 Å². The second-order valence-electron chi connectivity index (χ2n) is 7.26. The van der Waals surface area contributed by atoms with Crippen LogP contribution in [0.4, 0.5) is 0 Å². The van der Waals surface area contributed by atoms with Crippen LogP contribution in [0.3, 0.4) is 0 Å². The molecule has 6 nitrogen and oxygen atoms in total. The highest BCUT2D eigenvalue weighted by Gasteiger charge is 2.19. The molecule has 0 unspecified atom stereocenters. The molecule has 0 aliphatic carbocycles. The van der Waals surface area contributed by atoms with E-state index in [4.69, 9.17) is 0 Å². The molecule has 0 radical (unpaired) electrons. The van der Waals surface area contributed by atoms with E-state index in [-0.39, 0.29) is 23.6 Å². The number of hydrogen-bond acceptors (Lipinski definition) is 4. The van der Waals surface area contributed by atoms with Gasteiger partial charge in [-0.3, -0.25) is 9.52 Å². The van der Waals surface area contributed by atoms with Crippen LogP contribution >= 0.6 is 0 Å². The van der Waals surface area contributed by atoms with Gasteiger partial charge in [-0.2, -0.15) is 0 Å². The first-order chi connectivity index (χ1) is 13.3. The number of nitrogens with one attached hydrogen (secondary N) is 1. The van der Waals surface area contributed by atoms with Gasteiger partial charge in [0, 0.05) is 31.8 Å². The molecule has 0 atom stereocenters. The quantitative estimate of drug-likeness (QED) is 0.808. The molecule has 150 valence electrons. The summed E-state index contributed by atoms with van der Waals surface area (Å²) in [6, 6.07) is 12.6. The van der Waals surface area contributed by atoms with Gasteiger partial charge in [0.15, 0.2) is 0 Å². The maximum absolute atomic E-state index is 12.6. The largest absolute Gasteiger partial charge is 0.341 e. The molecule has 1 fully saturated rings. The Morgan fingerprint density at radius 2 is 1.79 bits per heavy atom. The number of hydrogen-bond donors (Lipinski definition) is 1. The predicted molar refractivity (Wildman–Crippen MR) is 111 cm³/mol. The van der Waals surface area contributed by atoms with E-state index in [1.54, 1.807) is 18.2 Å². The van der Waals surface area contributed by atoms with E-state index in [0.717, 1.165) is 36.8 Å². The topological polar surface area (TPSA) is 69.7 Å². The van der Waals surface area contributed by atoms with Gasteiger partial charge in [-0.05, 0) is 49.3 Å². The molecule has 0 spiro atoms. The Kier molecular flexibility index (Phi) is 6.36. The fraction of sp³-hybridized carbons (Fsp3) is 0.381. The van der Waals surface area contributed by atoms with Crippen LogP contribution in [0.5, 0.6) is 0 Å². The second kappa shape index (κ2) is 8.75. The minimum atomic E-state index is -3.72. The van der Waals surface area contributed by atoms with Gasteiger partial charge in [-0.25, -0.2) is 8.42 Å². The van der Waals surface area contributed by atoms with Crippen molar-refractivity contribution in [1.29, 1.82) is 0 Å². The lowest BCUT2D eigenvalue weighted by molar-refractivity contribution is -0.131. The molecule has 1 aliphatic rings. The molecule has 2 aromatic rings. The molecule has 7 heteroatoms. The van der Waals surface area contributed by atoms with Crippen LogP contribution in [0.15, 0.2) is 59.6 Å². The highest BCUT2D eigenvalue weighted by atomic mass is 32.2. The molecule has 1 saturated heterocycles. The fourth-order valence-electron chi connectivity index (χ4n) is 3.35. The molecular weight excluding hydrogens is 374 g/mol. The SMILES string of the molecule is C=C(CCC(=O)N1CCCN(C)CC1)NS(=O)(=O)c1ccc2ccccc2c1. The molecule has 3 rings (SSSR count). The lowest BCUT2D eigenvalue weighted by Crippen LogP contribution is -2.34. The number of allylic oxidation sites excluding steroid dienone is 1. The van der Waals surface area contributed by atoms with Gasteiger partial charge in [0.25, 0.3) is 10.0 Å². The van der Waals surface area contributed by atoms with Gasteiger partial charge >= 0.3 is 0 Å². The third kappa shape index (κ3) is 5.11. The molecular formula is C21H27N3O3S. The van der Waals surface area contributed by atoms with Gasteiger partial charge in [0.2, 0.25) is 5.91 Å². The summed E-state index contributed by atoms with van der Waals surface area (Å²) in [4.78, 5) is 16.7. The van der Waals surface area contributed by atoms with Crippen LogP contribution in [0.25, 0.3) is 10.8 Å². The number of amides is 1. The van der Waals surface area contributed by atoms with Gasteiger partial charge < -0.3 is 9.80 Å². The zero-order chi connectivity index (χ0) is 20.1. The third-order valence-corrected chi connectivity index (χ3v) is 6.45. The molecule has 0 saturated carbocycles. The van der Waals surface area contributed by atoms with Gasteiger partial charge in [-0.15, -0.1) is 0 Å². The van der Waals surface area contributed by atoms with E-state index in [1.165, 1.54) is 0 Å². The van der Waals surface area contributed by atoms with Crippen molar-refractivity contribution < 1.29 is 13.2 Å². The zero-order valence-corrected chi connectivity index (χ0v) is 17.0. The Morgan fingerprint density at radius 1 is 1.04 bits per heavy atom. The lowest BCUT2D eigenvalue weighted by Gasteiger charge is -2.21. The maximum Gasteiger partial charge on any atom is 0.261 e. The van der Waals surface area contributed by atoms with Crippen molar-refractivity contribution in [2.75, 3.05) is 33.2 Å². The van der Waals surface area contributed by atoms with Gasteiger partial charge in [0.1, 0.15) is 0 Å². The van der Waals surface area contributed by atoms with Crippen molar-refractivity contribution in [3.05, 3.63) is 54.7 Å². The minimum Gasteiger partial charge on any atom is -0.341 e. The Labute approximate surface area is 166 Å². The Balaban J connectivity index is 1.57. The summed E-state index contributed by atoms with van der Waals surface area (Å²) < 4.78 is 27.8. The van der Waals surface area contributed by atoms with E-state index >= 15 is 0 Å². The number of rotatable bonds is 6. The smallest absolute Gasteiger partial charge is 0.261 e. The Morgan fingerprint density at radius 3 is 2.57 bits per heavy atom. The van der Waals surface area contributed by atoms with Crippen LogP contribution in [0.2, 0.25) is 0 Å². The maximum atomic E-state index is 12.6. The molecule has 1 aliphatic heterocycles. The number of carbonyl (C=O) groups is 1. The number of fused-ring (bicyclic) bond motifs is 1. The molecule has 0 aromatic heterocycles. The first-order valence-electron chi connectivity index (χ1n) is 9.51. The molecule has 1 amide bonds. The standard InChI is InChI=1S/C21H27N3O3S/c1-17(8-11-21(25)24-13-5-12-23(2)14-15-24)22-28(26,27)20-10-9-18-6-3-4-7-19(18)16-20/h3-4,6-7,9-10,16,22H,1,5,8,11-15H2,2H3. The summed E-state index contributed by atoms with van der Waals surface area (Å²) in [7, 11) is -1.66. The number of benzene rings is 2. The number of carbonyl (C=O) groups excluding carboxylic acids is 1. The first kappa shape index (κ1) is 20.4. The van der Waals surface area contributed by atoms with Gasteiger partial charge in [-0.1, -0.05) is 36.9 Å². The van der Waals surface area contributed by atoms with E-state index < -0.39 is 10.0 Å². The average Bonchev–Trinajstić information content (AvgIpc) is 2.90. The lowest BCUT2D eigenvalue weighted by atomic mass is 10.1. The fourth-order valence-corrected chi connectivity index (χ4v) is 4.48. The summed E-state index contributed by atoms with van der Waals surface area (Å²) in [5, 5.41) is 1.84. The summed E-state index contributed by atoms with van der Waals surface area (Å²) >= 11 is 0. The van der Waals surface area contributed by atoms with Crippen molar-refractivity contribution in [3.63, 3.8) is 0 Å². The third-order valence-electron chi connectivity index (χ3n) is 5.02. The van der Waals surface area contributed by atoms with Crippen molar-refractivity contribution >= 4 is 26.7 Å². The number of sulfonamides is 1. The predicted octanol–water partition coefficient (Wildman–Crippen LogP) is 2.58. The van der Waals surface area contributed by atoms with Gasteiger partial charge in [0.05, 0.1) is 4.90 Å². The number of nitrogens with zero attached hydrogens (tertiary/aromatic N) is 2. The van der Waals surface area contributed by atoms with E-state index in [1.807, 2.05) is 29.2 Å². The first-order valence-corrected chi connectivity index (χ1v) is 11.0. The monoisotopic (exact) mass is 401 g/mol. The molecule has 28 heavy (non-hydrogen) atoms. The normalized spacial score (nSPS) is 16.0. The molecule has 1 heterocycles. The van der Waals surface area contributed by atoms with Crippen molar-refractivity contribution in [3.8, 4) is 0 Å². The van der Waals surface area contributed by atoms with Crippen LogP contribution in [0, 0.1) is 0 Å². The second-order valence-corrected chi connectivity index (χ2v) is 8.94. The van der Waals surface area contributed by atoms with E-state index in [2.05, 4.69) is 23.2 Å². The minimum absolute atomic E-state index is 0.0429. The van der Waals surface area contributed by atoms with E-state index in [9.17, 15) is 13.2 Å². The van der Waals surface area contributed by atoms with Crippen LogP contribution in [0.1, 0.15) is 19.3 Å².